The highest BCUT2D eigenvalue weighted by atomic mass is 35.5. The molecule has 0 spiro atoms. The van der Waals surface area contributed by atoms with Crippen LogP contribution in [0.2, 0.25) is 10.0 Å². The third-order valence-corrected chi connectivity index (χ3v) is 7.87. The van der Waals surface area contributed by atoms with Gasteiger partial charge in [-0.05, 0) is 67.6 Å². The number of anilines is 1. The fraction of sp³-hybridized carbons (Fsp3) is 0.130. The molecule has 3 aromatic carbocycles. The molecule has 4 rings (SSSR count). The molecule has 0 saturated carbocycles. The molecule has 0 aromatic heterocycles. The normalized spacial score (nSPS) is 18.8. The van der Waals surface area contributed by atoms with E-state index in [1.54, 1.807) is 36.4 Å². The highest BCUT2D eigenvalue weighted by molar-refractivity contribution is 8.05. The first-order chi connectivity index (χ1) is 14.4. The number of nitrogens with zero attached hydrogens (tertiary/aromatic N) is 1. The molecule has 1 aliphatic heterocycles. The van der Waals surface area contributed by atoms with Crippen LogP contribution in [0.25, 0.3) is 0 Å². The van der Waals surface area contributed by atoms with Gasteiger partial charge in [-0.3, -0.25) is 9.59 Å². The van der Waals surface area contributed by atoms with Crippen LogP contribution in [0.3, 0.4) is 0 Å². The summed E-state index contributed by atoms with van der Waals surface area (Å²) < 4.78 is 0. The van der Waals surface area contributed by atoms with Crippen molar-refractivity contribution in [1.29, 1.82) is 0 Å². The van der Waals surface area contributed by atoms with E-state index < -0.39 is 10.5 Å². The molecule has 3 aromatic rings. The quantitative estimate of drug-likeness (QED) is 0.396. The molecular formula is C23H17Cl2NO2S2. The number of carbonyl (C=O) groups is 2. The van der Waals surface area contributed by atoms with Gasteiger partial charge in [-0.2, -0.15) is 0 Å². The van der Waals surface area contributed by atoms with Crippen molar-refractivity contribution in [3.8, 4) is 0 Å². The SMILES string of the molecule is Cc1ccc(SC2C(=O)N(c3ccc(Cl)cc3)C(=O)C2Sc2ccc(Cl)cc2)cc1. The van der Waals surface area contributed by atoms with Crippen LogP contribution in [0.4, 0.5) is 5.69 Å². The Morgan fingerprint density at radius 1 is 0.667 bits per heavy atom. The molecule has 1 heterocycles. The molecular weight excluding hydrogens is 457 g/mol. The molecule has 0 N–H and O–H groups in total. The third kappa shape index (κ3) is 4.54. The number of aryl methyl sites for hydroxylation is 1. The number of rotatable bonds is 5. The van der Waals surface area contributed by atoms with Crippen molar-refractivity contribution in [3.05, 3.63) is 88.4 Å². The molecule has 2 unspecified atom stereocenters. The Bertz CT molecular complexity index is 1000. The second-order valence-corrected chi connectivity index (χ2v) is 10.1. The third-order valence-electron chi connectivity index (χ3n) is 4.65. The van der Waals surface area contributed by atoms with Crippen molar-refractivity contribution in [2.24, 2.45) is 0 Å². The topological polar surface area (TPSA) is 37.4 Å². The van der Waals surface area contributed by atoms with E-state index in [1.807, 2.05) is 43.3 Å². The molecule has 1 saturated heterocycles. The van der Waals surface area contributed by atoms with Gasteiger partial charge in [0.1, 0.15) is 10.5 Å². The Labute approximate surface area is 193 Å². The minimum absolute atomic E-state index is 0.223. The molecule has 0 bridgehead atoms. The van der Waals surface area contributed by atoms with Gasteiger partial charge in [-0.1, -0.05) is 40.9 Å². The fourth-order valence-corrected chi connectivity index (χ4v) is 5.77. The summed E-state index contributed by atoms with van der Waals surface area (Å²) in [5, 5.41) is 0.0780. The predicted octanol–water partition coefficient (Wildman–Crippen LogP) is 6.50. The summed E-state index contributed by atoms with van der Waals surface area (Å²) in [7, 11) is 0. The summed E-state index contributed by atoms with van der Waals surface area (Å²) in [5.41, 5.74) is 1.67. The lowest BCUT2D eigenvalue weighted by Crippen LogP contribution is -2.31. The van der Waals surface area contributed by atoms with Gasteiger partial charge in [0.2, 0.25) is 11.8 Å². The van der Waals surface area contributed by atoms with Crippen LogP contribution in [-0.4, -0.2) is 22.3 Å². The van der Waals surface area contributed by atoms with E-state index in [0.717, 1.165) is 15.4 Å². The van der Waals surface area contributed by atoms with Crippen molar-refractivity contribution >= 4 is 64.2 Å². The van der Waals surface area contributed by atoms with Crippen molar-refractivity contribution in [1.82, 2.24) is 0 Å². The van der Waals surface area contributed by atoms with Crippen molar-refractivity contribution in [3.63, 3.8) is 0 Å². The molecule has 2 amide bonds. The molecule has 0 aliphatic carbocycles. The number of halogens is 2. The average Bonchev–Trinajstić information content (AvgIpc) is 2.96. The van der Waals surface area contributed by atoms with Gasteiger partial charge in [-0.25, -0.2) is 4.90 Å². The summed E-state index contributed by atoms with van der Waals surface area (Å²) in [6.45, 7) is 2.01. The summed E-state index contributed by atoms with van der Waals surface area (Å²) in [6.07, 6.45) is 0. The number of carbonyl (C=O) groups excluding carboxylic acids is 2. The van der Waals surface area contributed by atoms with Gasteiger partial charge in [0.25, 0.3) is 0 Å². The van der Waals surface area contributed by atoms with Crippen LogP contribution in [0, 0.1) is 6.92 Å². The summed E-state index contributed by atoms with van der Waals surface area (Å²) >= 11 is 14.8. The smallest absolute Gasteiger partial charge is 0.248 e. The number of imide groups is 1. The van der Waals surface area contributed by atoms with Crippen LogP contribution in [0.15, 0.2) is 82.6 Å². The van der Waals surface area contributed by atoms with Gasteiger partial charge in [0.05, 0.1) is 5.69 Å². The molecule has 30 heavy (non-hydrogen) atoms. The van der Waals surface area contributed by atoms with Gasteiger partial charge in [0.15, 0.2) is 0 Å². The van der Waals surface area contributed by atoms with E-state index >= 15 is 0 Å². The maximum absolute atomic E-state index is 13.3. The van der Waals surface area contributed by atoms with Crippen LogP contribution in [0.1, 0.15) is 5.56 Å². The molecule has 1 fully saturated rings. The zero-order chi connectivity index (χ0) is 21.3. The van der Waals surface area contributed by atoms with Crippen molar-refractivity contribution < 1.29 is 9.59 Å². The average molecular weight is 474 g/mol. The predicted molar refractivity (Wildman–Crippen MR) is 126 cm³/mol. The van der Waals surface area contributed by atoms with Crippen molar-refractivity contribution in [2.75, 3.05) is 4.90 Å². The first-order valence-electron chi connectivity index (χ1n) is 9.21. The Kier molecular flexibility index (Phi) is 6.44. The largest absolute Gasteiger partial charge is 0.273 e. The zero-order valence-corrected chi connectivity index (χ0v) is 19.1. The van der Waals surface area contributed by atoms with E-state index in [9.17, 15) is 9.59 Å². The number of hydrogen-bond acceptors (Lipinski definition) is 4. The summed E-state index contributed by atoms with van der Waals surface area (Å²) in [5.74, 6) is -0.453. The lowest BCUT2D eigenvalue weighted by molar-refractivity contribution is -0.121. The van der Waals surface area contributed by atoms with Crippen LogP contribution in [-0.2, 0) is 9.59 Å². The van der Waals surface area contributed by atoms with E-state index in [0.29, 0.717) is 15.7 Å². The maximum atomic E-state index is 13.3. The minimum atomic E-state index is -0.555. The lowest BCUT2D eigenvalue weighted by Gasteiger charge is -2.14. The van der Waals surface area contributed by atoms with Crippen LogP contribution < -0.4 is 4.90 Å². The second-order valence-electron chi connectivity index (χ2n) is 6.83. The first kappa shape index (κ1) is 21.3. The van der Waals surface area contributed by atoms with Crippen LogP contribution >= 0.6 is 46.7 Å². The Morgan fingerprint density at radius 2 is 1.07 bits per heavy atom. The summed E-state index contributed by atoms with van der Waals surface area (Å²) in [4.78, 5) is 29.8. The number of benzene rings is 3. The Balaban J connectivity index is 1.67. The molecule has 7 heteroatoms. The molecule has 3 nitrogen and oxygen atoms in total. The lowest BCUT2D eigenvalue weighted by atomic mass is 10.2. The van der Waals surface area contributed by atoms with Crippen LogP contribution in [0.5, 0.6) is 0 Å². The molecule has 0 radical (unpaired) electrons. The maximum Gasteiger partial charge on any atom is 0.248 e. The minimum Gasteiger partial charge on any atom is -0.273 e. The van der Waals surface area contributed by atoms with Gasteiger partial charge < -0.3 is 0 Å². The van der Waals surface area contributed by atoms with E-state index in [2.05, 4.69) is 0 Å². The summed E-state index contributed by atoms with van der Waals surface area (Å²) in [6, 6.07) is 22.0. The Morgan fingerprint density at radius 3 is 1.53 bits per heavy atom. The van der Waals surface area contributed by atoms with E-state index in [-0.39, 0.29) is 11.8 Å². The second kappa shape index (κ2) is 9.06. The Hall–Kier alpha value is -1.92. The van der Waals surface area contributed by atoms with E-state index in [4.69, 9.17) is 23.2 Å². The first-order valence-corrected chi connectivity index (χ1v) is 11.7. The van der Waals surface area contributed by atoms with Gasteiger partial charge in [-0.15, -0.1) is 23.5 Å². The number of hydrogen-bond donors (Lipinski definition) is 0. The fourth-order valence-electron chi connectivity index (χ4n) is 3.11. The van der Waals surface area contributed by atoms with E-state index in [1.165, 1.54) is 28.4 Å². The number of thioether (sulfide) groups is 2. The zero-order valence-electron chi connectivity index (χ0n) is 15.9. The molecule has 152 valence electrons. The molecule has 1 aliphatic rings. The highest BCUT2D eigenvalue weighted by Crippen LogP contribution is 2.42. The van der Waals surface area contributed by atoms with Crippen molar-refractivity contribution in [2.45, 2.75) is 27.2 Å². The van der Waals surface area contributed by atoms with Gasteiger partial charge >= 0.3 is 0 Å². The number of amides is 2. The highest BCUT2D eigenvalue weighted by Gasteiger charge is 2.49. The molecule has 2 atom stereocenters. The standard InChI is InChI=1S/C23H17Cl2NO2S2/c1-14-2-10-18(11-3-14)29-20-21(30-19-12-6-16(25)7-13-19)23(28)26(22(20)27)17-8-4-15(24)5-9-17/h2-13,20-21H,1H3. The monoisotopic (exact) mass is 473 g/mol. The van der Waals surface area contributed by atoms with Gasteiger partial charge in [0, 0.05) is 19.8 Å².